The zero-order valence-electron chi connectivity index (χ0n) is 18.6. The van der Waals surface area contributed by atoms with Gasteiger partial charge in [-0.05, 0) is 68.3 Å². The van der Waals surface area contributed by atoms with Gasteiger partial charge in [0.2, 0.25) is 5.76 Å². The fourth-order valence-corrected chi connectivity index (χ4v) is 4.57. The van der Waals surface area contributed by atoms with Crippen molar-refractivity contribution in [3.05, 3.63) is 46.3 Å². The third kappa shape index (κ3) is 5.42. The molecule has 0 radical (unpaired) electrons. The number of hydrogen-bond donors (Lipinski definition) is 0. The third-order valence-corrected chi connectivity index (χ3v) is 6.67. The SMILES string of the molecule is CC(C)c1cc(C(=O)N(C)CC2CC(Oc3ccc(CN4CCCC4)c(Cl)c3)C2)on1. The van der Waals surface area contributed by atoms with Gasteiger partial charge in [0, 0.05) is 31.2 Å². The van der Waals surface area contributed by atoms with Gasteiger partial charge < -0.3 is 14.2 Å². The summed E-state index contributed by atoms with van der Waals surface area (Å²) in [4.78, 5) is 16.7. The molecule has 1 amide bonds. The Morgan fingerprint density at radius 3 is 2.68 bits per heavy atom. The van der Waals surface area contributed by atoms with Crippen LogP contribution in [0.15, 0.2) is 28.8 Å². The van der Waals surface area contributed by atoms with Crippen molar-refractivity contribution >= 4 is 17.5 Å². The molecule has 7 heteroatoms. The number of halogens is 1. The minimum atomic E-state index is -0.121. The molecule has 168 valence electrons. The second-order valence-electron chi connectivity index (χ2n) is 9.27. The topological polar surface area (TPSA) is 58.8 Å². The molecule has 1 saturated heterocycles. The summed E-state index contributed by atoms with van der Waals surface area (Å²) in [6, 6.07) is 7.79. The highest BCUT2D eigenvalue weighted by Crippen LogP contribution is 2.34. The molecular weight excluding hydrogens is 414 g/mol. The third-order valence-electron chi connectivity index (χ3n) is 6.32. The van der Waals surface area contributed by atoms with Gasteiger partial charge in [-0.3, -0.25) is 9.69 Å². The molecule has 1 saturated carbocycles. The van der Waals surface area contributed by atoms with E-state index in [0.717, 1.165) is 54.5 Å². The van der Waals surface area contributed by atoms with Gasteiger partial charge >= 0.3 is 0 Å². The molecule has 31 heavy (non-hydrogen) atoms. The second-order valence-corrected chi connectivity index (χ2v) is 9.68. The van der Waals surface area contributed by atoms with Crippen molar-refractivity contribution in [3.63, 3.8) is 0 Å². The Morgan fingerprint density at radius 2 is 2.03 bits per heavy atom. The molecular formula is C24H32ClN3O3. The van der Waals surface area contributed by atoms with Crippen LogP contribution < -0.4 is 4.74 Å². The summed E-state index contributed by atoms with van der Waals surface area (Å²) >= 11 is 6.50. The maximum absolute atomic E-state index is 12.6. The average Bonchev–Trinajstić information content (AvgIpc) is 3.39. The van der Waals surface area contributed by atoms with Crippen LogP contribution in [0.1, 0.15) is 67.3 Å². The predicted molar refractivity (Wildman–Crippen MR) is 121 cm³/mol. The summed E-state index contributed by atoms with van der Waals surface area (Å²) in [6.07, 6.45) is 4.59. The van der Waals surface area contributed by atoms with Crippen LogP contribution in [0.4, 0.5) is 0 Å². The minimum Gasteiger partial charge on any atom is -0.490 e. The van der Waals surface area contributed by atoms with Crippen LogP contribution in [0.3, 0.4) is 0 Å². The molecule has 0 unspecified atom stereocenters. The Kier molecular flexibility index (Phi) is 6.87. The molecule has 1 aromatic heterocycles. The van der Waals surface area contributed by atoms with E-state index in [2.05, 4.69) is 16.1 Å². The quantitative estimate of drug-likeness (QED) is 0.573. The lowest BCUT2D eigenvalue weighted by atomic mass is 9.82. The molecule has 1 aliphatic carbocycles. The summed E-state index contributed by atoms with van der Waals surface area (Å²) in [5.41, 5.74) is 1.97. The van der Waals surface area contributed by atoms with Crippen LogP contribution in [0.5, 0.6) is 5.75 Å². The fraction of sp³-hybridized carbons (Fsp3) is 0.583. The normalized spacial score (nSPS) is 21.3. The second kappa shape index (κ2) is 9.61. The molecule has 2 aromatic rings. The molecule has 1 aliphatic heterocycles. The number of aromatic nitrogens is 1. The summed E-state index contributed by atoms with van der Waals surface area (Å²) in [5, 5.41) is 4.75. The summed E-state index contributed by atoms with van der Waals surface area (Å²) in [6.45, 7) is 7.96. The van der Waals surface area contributed by atoms with E-state index in [4.69, 9.17) is 20.9 Å². The number of rotatable bonds is 8. The number of carbonyl (C=O) groups excluding carboxylic acids is 1. The molecule has 6 nitrogen and oxygen atoms in total. The van der Waals surface area contributed by atoms with Crippen molar-refractivity contribution in [2.75, 3.05) is 26.7 Å². The van der Waals surface area contributed by atoms with E-state index >= 15 is 0 Å². The van der Waals surface area contributed by atoms with Gasteiger partial charge in [0.1, 0.15) is 5.75 Å². The van der Waals surface area contributed by atoms with Crippen molar-refractivity contribution in [1.29, 1.82) is 0 Å². The largest absolute Gasteiger partial charge is 0.490 e. The zero-order valence-corrected chi connectivity index (χ0v) is 19.4. The summed E-state index contributed by atoms with van der Waals surface area (Å²) < 4.78 is 11.3. The average molecular weight is 446 g/mol. The lowest BCUT2D eigenvalue weighted by Crippen LogP contribution is -2.41. The van der Waals surface area contributed by atoms with Crippen LogP contribution >= 0.6 is 11.6 Å². The van der Waals surface area contributed by atoms with E-state index in [1.165, 1.54) is 12.8 Å². The number of carbonyl (C=O) groups is 1. The predicted octanol–water partition coefficient (Wildman–Crippen LogP) is 4.98. The van der Waals surface area contributed by atoms with Crippen molar-refractivity contribution in [2.45, 2.75) is 58.1 Å². The standard InChI is InChI=1S/C24H32ClN3O3/c1-16(2)22-13-23(31-26-22)24(29)27(3)14-17-10-20(11-17)30-19-7-6-18(21(25)12-19)15-28-8-4-5-9-28/h6-7,12-13,16-17,20H,4-5,8-11,14-15H2,1-3H3. The van der Waals surface area contributed by atoms with E-state index < -0.39 is 0 Å². The number of ether oxygens (including phenoxy) is 1. The Morgan fingerprint density at radius 1 is 1.29 bits per heavy atom. The molecule has 0 bridgehead atoms. The Bertz CT molecular complexity index is 901. The number of likely N-dealkylation sites (tertiary alicyclic amines) is 1. The molecule has 4 rings (SSSR count). The van der Waals surface area contributed by atoms with Crippen LogP contribution in [0.2, 0.25) is 5.02 Å². The first-order valence-corrected chi connectivity index (χ1v) is 11.7. The monoisotopic (exact) mass is 445 g/mol. The number of hydrogen-bond acceptors (Lipinski definition) is 5. The van der Waals surface area contributed by atoms with E-state index in [9.17, 15) is 4.79 Å². The maximum Gasteiger partial charge on any atom is 0.292 e. The first-order valence-electron chi connectivity index (χ1n) is 11.3. The van der Waals surface area contributed by atoms with Gasteiger partial charge in [-0.15, -0.1) is 0 Å². The van der Waals surface area contributed by atoms with Gasteiger partial charge in [0.15, 0.2) is 0 Å². The van der Waals surface area contributed by atoms with E-state index in [-0.39, 0.29) is 17.9 Å². The molecule has 0 N–H and O–H groups in total. The van der Waals surface area contributed by atoms with Gasteiger partial charge in [0.25, 0.3) is 5.91 Å². The highest BCUT2D eigenvalue weighted by Gasteiger charge is 2.33. The van der Waals surface area contributed by atoms with E-state index in [0.29, 0.717) is 18.2 Å². The lowest BCUT2D eigenvalue weighted by molar-refractivity contribution is 0.0403. The summed E-state index contributed by atoms with van der Waals surface area (Å²) in [7, 11) is 1.81. The van der Waals surface area contributed by atoms with Crippen molar-refractivity contribution < 1.29 is 14.1 Å². The molecule has 0 atom stereocenters. The van der Waals surface area contributed by atoms with Crippen molar-refractivity contribution in [3.8, 4) is 5.75 Å². The van der Waals surface area contributed by atoms with Crippen LogP contribution in [-0.2, 0) is 6.54 Å². The maximum atomic E-state index is 12.6. The Hall–Kier alpha value is -2.05. The molecule has 2 fully saturated rings. The van der Waals surface area contributed by atoms with Gasteiger partial charge in [-0.25, -0.2) is 0 Å². The van der Waals surface area contributed by atoms with Crippen LogP contribution in [0.25, 0.3) is 0 Å². The molecule has 1 aromatic carbocycles. The van der Waals surface area contributed by atoms with Crippen molar-refractivity contribution in [2.24, 2.45) is 5.92 Å². The van der Waals surface area contributed by atoms with E-state index in [1.54, 1.807) is 11.0 Å². The number of benzene rings is 1. The molecule has 2 aliphatic rings. The van der Waals surface area contributed by atoms with Crippen molar-refractivity contribution in [1.82, 2.24) is 15.0 Å². The van der Waals surface area contributed by atoms with E-state index in [1.807, 2.05) is 33.0 Å². The summed E-state index contributed by atoms with van der Waals surface area (Å²) in [5.74, 6) is 1.68. The number of amides is 1. The lowest BCUT2D eigenvalue weighted by Gasteiger charge is -2.37. The molecule has 0 spiro atoms. The molecule has 2 heterocycles. The first kappa shape index (κ1) is 22.2. The number of nitrogens with zero attached hydrogens (tertiary/aromatic N) is 3. The zero-order chi connectivity index (χ0) is 22.0. The Labute approximate surface area is 189 Å². The van der Waals surface area contributed by atoms with Crippen LogP contribution in [-0.4, -0.2) is 53.6 Å². The first-order chi connectivity index (χ1) is 14.9. The van der Waals surface area contributed by atoms with Gasteiger partial charge in [-0.1, -0.05) is 36.7 Å². The van der Waals surface area contributed by atoms with Crippen LogP contribution in [0, 0.1) is 5.92 Å². The smallest absolute Gasteiger partial charge is 0.292 e. The fourth-order valence-electron chi connectivity index (χ4n) is 4.34. The highest BCUT2D eigenvalue weighted by atomic mass is 35.5. The van der Waals surface area contributed by atoms with Gasteiger partial charge in [-0.2, -0.15) is 0 Å². The minimum absolute atomic E-state index is 0.121. The van der Waals surface area contributed by atoms with Gasteiger partial charge in [0.05, 0.1) is 11.8 Å². The highest BCUT2D eigenvalue weighted by molar-refractivity contribution is 6.31. The Balaban J connectivity index is 1.22.